The summed E-state index contributed by atoms with van der Waals surface area (Å²) in [7, 11) is 0. The molecule has 0 spiro atoms. The number of anilines is 1. The van der Waals surface area contributed by atoms with Crippen LogP contribution in [-0.2, 0) is 9.53 Å². The summed E-state index contributed by atoms with van der Waals surface area (Å²) in [4.78, 5) is 27.5. The predicted molar refractivity (Wildman–Crippen MR) is 79.0 cm³/mol. The fourth-order valence-corrected chi connectivity index (χ4v) is 1.96. The van der Waals surface area contributed by atoms with Crippen molar-refractivity contribution in [2.24, 2.45) is 0 Å². The van der Waals surface area contributed by atoms with Crippen LogP contribution in [0, 0.1) is 0 Å². The molecule has 0 radical (unpaired) electrons. The fraction of sp³-hybridized carbons (Fsp3) is 0.462. The maximum atomic E-state index is 11.8. The zero-order chi connectivity index (χ0) is 15.0. The van der Waals surface area contributed by atoms with Gasteiger partial charge in [-0.15, -0.1) is 17.9 Å². The summed E-state index contributed by atoms with van der Waals surface area (Å²) in [5.41, 5.74) is 0.191. The number of esters is 1. The lowest BCUT2D eigenvalue weighted by atomic mass is 10.3. The Morgan fingerprint density at radius 3 is 3.00 bits per heavy atom. The van der Waals surface area contributed by atoms with Crippen molar-refractivity contribution in [1.82, 2.24) is 10.3 Å². The molecule has 1 aromatic heterocycles. The van der Waals surface area contributed by atoms with Crippen molar-refractivity contribution in [1.29, 1.82) is 0 Å². The Balaban J connectivity index is 2.51. The lowest BCUT2D eigenvalue weighted by molar-refractivity contribution is -0.129. The molecule has 6 nitrogen and oxygen atoms in total. The number of hydrogen-bond acceptors (Lipinski definition) is 6. The summed E-state index contributed by atoms with van der Waals surface area (Å²) in [6, 6.07) is 0. The second kappa shape index (κ2) is 8.31. The van der Waals surface area contributed by atoms with E-state index in [0.717, 1.165) is 6.42 Å². The molecule has 1 atom stereocenters. The molecule has 1 heterocycles. The monoisotopic (exact) mass is 297 g/mol. The number of carbonyl (C=O) groups excluding carboxylic acids is 2. The number of nitrogens with one attached hydrogen (secondary N) is 2. The van der Waals surface area contributed by atoms with Crippen molar-refractivity contribution in [2.75, 3.05) is 18.4 Å². The molecule has 1 amide bonds. The van der Waals surface area contributed by atoms with Gasteiger partial charge in [0, 0.05) is 18.5 Å². The summed E-state index contributed by atoms with van der Waals surface area (Å²) in [6.45, 7) is 8.19. The Hall–Kier alpha value is -1.89. The molecule has 0 saturated carbocycles. The van der Waals surface area contributed by atoms with Crippen LogP contribution in [0.5, 0.6) is 0 Å². The first-order valence-corrected chi connectivity index (χ1v) is 7.25. The maximum absolute atomic E-state index is 11.8. The number of hydrogen-bond donors (Lipinski definition) is 2. The topological polar surface area (TPSA) is 80.3 Å². The summed E-state index contributed by atoms with van der Waals surface area (Å²) in [5.74, 6) is -0.910. The molecule has 0 aliphatic carbocycles. The van der Waals surface area contributed by atoms with Crippen LogP contribution in [0.25, 0.3) is 0 Å². The van der Waals surface area contributed by atoms with Crippen LogP contribution < -0.4 is 10.6 Å². The van der Waals surface area contributed by atoms with Gasteiger partial charge in [-0.25, -0.2) is 9.78 Å². The second-order valence-corrected chi connectivity index (χ2v) is 4.90. The van der Waals surface area contributed by atoms with Gasteiger partial charge in [-0.05, 0) is 13.3 Å². The van der Waals surface area contributed by atoms with Crippen molar-refractivity contribution >= 4 is 28.3 Å². The van der Waals surface area contributed by atoms with Crippen molar-refractivity contribution in [3.05, 3.63) is 23.7 Å². The van der Waals surface area contributed by atoms with E-state index in [9.17, 15) is 9.59 Å². The van der Waals surface area contributed by atoms with Crippen molar-refractivity contribution in [3.8, 4) is 0 Å². The Morgan fingerprint density at radius 1 is 1.60 bits per heavy atom. The Morgan fingerprint density at radius 2 is 2.35 bits per heavy atom. The third-order valence-electron chi connectivity index (χ3n) is 2.31. The number of aromatic nitrogens is 1. The van der Waals surface area contributed by atoms with Crippen molar-refractivity contribution in [2.45, 2.75) is 26.4 Å². The van der Waals surface area contributed by atoms with E-state index in [2.05, 4.69) is 22.2 Å². The molecule has 0 aromatic carbocycles. The molecule has 7 heteroatoms. The molecule has 20 heavy (non-hydrogen) atoms. The number of ether oxygens (including phenoxy) is 1. The predicted octanol–water partition coefficient (Wildman–Crippen LogP) is 1.81. The zero-order valence-electron chi connectivity index (χ0n) is 11.6. The Bertz CT molecular complexity index is 473. The van der Waals surface area contributed by atoms with Crippen LogP contribution >= 0.6 is 11.3 Å². The summed E-state index contributed by atoms with van der Waals surface area (Å²) in [6.07, 6.45) is 1.69. The Kier molecular flexibility index (Phi) is 6.72. The van der Waals surface area contributed by atoms with E-state index in [-0.39, 0.29) is 11.6 Å². The van der Waals surface area contributed by atoms with E-state index in [0.29, 0.717) is 18.2 Å². The molecule has 0 bridgehead atoms. The van der Waals surface area contributed by atoms with Gasteiger partial charge in [-0.1, -0.05) is 13.0 Å². The number of amides is 1. The van der Waals surface area contributed by atoms with E-state index in [1.807, 2.05) is 6.92 Å². The highest BCUT2D eigenvalue weighted by molar-refractivity contribution is 7.13. The number of rotatable bonds is 8. The van der Waals surface area contributed by atoms with Gasteiger partial charge in [-0.3, -0.25) is 4.79 Å². The molecule has 0 saturated heterocycles. The summed E-state index contributed by atoms with van der Waals surface area (Å²) < 4.78 is 5.06. The number of carbonyl (C=O) groups is 2. The largest absolute Gasteiger partial charge is 0.448 e. The van der Waals surface area contributed by atoms with Gasteiger partial charge in [0.05, 0.1) is 0 Å². The van der Waals surface area contributed by atoms with Gasteiger partial charge >= 0.3 is 5.97 Å². The van der Waals surface area contributed by atoms with Crippen LogP contribution in [0.1, 0.15) is 30.8 Å². The molecule has 0 aliphatic rings. The van der Waals surface area contributed by atoms with Crippen LogP contribution in [0.3, 0.4) is 0 Å². The zero-order valence-corrected chi connectivity index (χ0v) is 12.5. The minimum Gasteiger partial charge on any atom is -0.448 e. The molecule has 110 valence electrons. The van der Waals surface area contributed by atoms with Gasteiger partial charge < -0.3 is 15.4 Å². The molecule has 0 fully saturated rings. The van der Waals surface area contributed by atoms with E-state index >= 15 is 0 Å². The van der Waals surface area contributed by atoms with E-state index in [1.54, 1.807) is 11.5 Å². The highest BCUT2D eigenvalue weighted by atomic mass is 32.1. The van der Waals surface area contributed by atoms with Crippen molar-refractivity contribution < 1.29 is 14.3 Å². The first-order chi connectivity index (χ1) is 9.58. The van der Waals surface area contributed by atoms with E-state index in [4.69, 9.17) is 4.74 Å². The average Bonchev–Trinajstić information content (AvgIpc) is 2.91. The molecule has 1 aromatic rings. The highest BCUT2D eigenvalue weighted by Gasteiger charge is 2.20. The van der Waals surface area contributed by atoms with E-state index in [1.165, 1.54) is 18.3 Å². The SMILES string of the molecule is C=CCNc1nc(C(=O)OC(C)C(=O)NCCC)cs1. The van der Waals surface area contributed by atoms with Crippen LogP contribution in [-0.4, -0.2) is 36.1 Å². The van der Waals surface area contributed by atoms with Gasteiger partial charge in [0.1, 0.15) is 0 Å². The van der Waals surface area contributed by atoms with Crippen LogP contribution in [0.15, 0.2) is 18.0 Å². The lowest BCUT2D eigenvalue weighted by Crippen LogP contribution is -2.36. The summed E-state index contributed by atoms with van der Waals surface area (Å²) in [5, 5.41) is 7.84. The first-order valence-electron chi connectivity index (χ1n) is 6.37. The molecule has 1 unspecified atom stereocenters. The first kappa shape index (κ1) is 16.2. The van der Waals surface area contributed by atoms with Crippen LogP contribution in [0.2, 0.25) is 0 Å². The van der Waals surface area contributed by atoms with Crippen LogP contribution in [0.4, 0.5) is 5.13 Å². The summed E-state index contributed by atoms with van der Waals surface area (Å²) >= 11 is 1.30. The lowest BCUT2D eigenvalue weighted by Gasteiger charge is -2.12. The van der Waals surface area contributed by atoms with Gasteiger partial charge in [0.25, 0.3) is 5.91 Å². The minimum absolute atomic E-state index is 0.191. The third-order valence-corrected chi connectivity index (χ3v) is 3.11. The van der Waals surface area contributed by atoms with Gasteiger partial charge in [0.2, 0.25) is 0 Å². The van der Waals surface area contributed by atoms with Crippen molar-refractivity contribution in [3.63, 3.8) is 0 Å². The normalized spacial score (nSPS) is 11.5. The fourth-order valence-electron chi connectivity index (χ4n) is 1.27. The molecule has 2 N–H and O–H groups in total. The number of thiazole rings is 1. The van der Waals surface area contributed by atoms with E-state index < -0.39 is 12.1 Å². The highest BCUT2D eigenvalue weighted by Crippen LogP contribution is 2.16. The average molecular weight is 297 g/mol. The smallest absolute Gasteiger partial charge is 0.358 e. The Labute approximate surface area is 122 Å². The number of nitrogens with zero attached hydrogens (tertiary/aromatic N) is 1. The second-order valence-electron chi connectivity index (χ2n) is 4.05. The van der Waals surface area contributed by atoms with Gasteiger partial charge in [0.15, 0.2) is 16.9 Å². The van der Waals surface area contributed by atoms with Gasteiger partial charge in [-0.2, -0.15) is 0 Å². The molecule has 0 aliphatic heterocycles. The molecular weight excluding hydrogens is 278 g/mol. The third kappa shape index (κ3) is 5.00. The maximum Gasteiger partial charge on any atom is 0.358 e. The quantitative estimate of drug-likeness (QED) is 0.565. The molecular formula is C13H19N3O3S. The minimum atomic E-state index is -0.833. The standard InChI is InChI=1S/C13H19N3O3S/c1-4-6-14-11(17)9(3)19-12(18)10-8-20-13(16-10)15-7-5-2/h5,8-9H,2,4,6-7H2,1,3H3,(H,14,17)(H,15,16). The molecule has 1 rings (SSSR count).